The fraction of sp³-hybridized carbons (Fsp3) is 0.833. The molecule has 0 amide bonds. The van der Waals surface area contributed by atoms with Crippen LogP contribution in [0, 0.1) is 0 Å². The molecule has 0 aliphatic carbocycles. The summed E-state index contributed by atoms with van der Waals surface area (Å²) in [6.07, 6.45) is -4.17. The van der Waals surface area contributed by atoms with Crippen molar-refractivity contribution in [3.8, 4) is 0 Å². The fourth-order valence-corrected chi connectivity index (χ4v) is 1.90. The largest absolute Gasteiger partial charge is 0.735 e. The first-order valence-corrected chi connectivity index (χ1v) is 7.38. The van der Waals surface area contributed by atoms with E-state index in [4.69, 9.17) is 4.55 Å². The molecule has 114 valence electrons. The Kier molecular flexibility index (Phi) is 6.95. The zero-order valence-corrected chi connectivity index (χ0v) is 10.9. The van der Waals surface area contributed by atoms with E-state index < -0.39 is 52.0 Å². The van der Waals surface area contributed by atoms with Crippen LogP contribution in [0.3, 0.4) is 0 Å². The summed E-state index contributed by atoms with van der Waals surface area (Å²) < 4.78 is 64.5. The lowest BCUT2D eigenvalue weighted by molar-refractivity contribution is -0.112. The Bertz CT molecular complexity index is 484. The molecule has 4 N–H and O–H groups in total. The van der Waals surface area contributed by atoms with Gasteiger partial charge < -0.3 is 19.6 Å². The first kappa shape index (κ1) is 18.3. The Morgan fingerprint density at radius 3 is 2.16 bits per heavy atom. The Balaban J connectivity index is 4.41. The second kappa shape index (κ2) is 7.20. The molecule has 0 heterocycles. The van der Waals surface area contributed by atoms with Crippen LogP contribution < -0.4 is 4.72 Å². The van der Waals surface area contributed by atoms with Crippen LogP contribution in [0.5, 0.6) is 0 Å². The third-order valence-electron chi connectivity index (χ3n) is 1.76. The van der Waals surface area contributed by atoms with Crippen LogP contribution in [-0.2, 0) is 29.7 Å². The highest BCUT2D eigenvalue weighted by Crippen LogP contribution is 2.05. The molecule has 19 heavy (non-hydrogen) atoms. The molecular formula is C6H12NO10S2-. The Labute approximate surface area is 109 Å². The molecule has 0 aromatic heterocycles. The van der Waals surface area contributed by atoms with Crippen LogP contribution in [0.15, 0.2) is 0 Å². The average molecular weight is 322 g/mol. The quantitative estimate of drug-likeness (QED) is 0.245. The highest BCUT2D eigenvalue weighted by atomic mass is 32.3. The number of carbonyl (C=O) groups excluding carboxylic acids is 1. The topological polar surface area (TPSA) is 190 Å². The number of nitrogens with one attached hydrogen (secondary N) is 1. The van der Waals surface area contributed by atoms with Gasteiger partial charge in [0.15, 0.2) is 10.3 Å². The molecule has 3 atom stereocenters. The minimum atomic E-state index is -4.99. The van der Waals surface area contributed by atoms with Gasteiger partial charge in [-0.05, 0) is 0 Å². The molecule has 0 aliphatic rings. The summed E-state index contributed by atoms with van der Waals surface area (Å²) >= 11 is 0. The summed E-state index contributed by atoms with van der Waals surface area (Å²) in [4.78, 5) is 10.4. The number of rotatable bonds is 9. The van der Waals surface area contributed by atoms with Gasteiger partial charge in [-0.2, -0.15) is 8.42 Å². The predicted molar refractivity (Wildman–Crippen MR) is 56.8 cm³/mol. The Morgan fingerprint density at radius 2 is 1.79 bits per heavy atom. The molecule has 13 heteroatoms. The van der Waals surface area contributed by atoms with E-state index in [0.717, 1.165) is 0 Å². The van der Waals surface area contributed by atoms with E-state index in [2.05, 4.69) is 4.18 Å². The van der Waals surface area contributed by atoms with Gasteiger partial charge in [0.2, 0.25) is 0 Å². The van der Waals surface area contributed by atoms with Crippen molar-refractivity contribution in [2.75, 3.05) is 6.61 Å². The molecular weight excluding hydrogens is 310 g/mol. The fourth-order valence-electron chi connectivity index (χ4n) is 1.02. The molecule has 0 spiro atoms. The summed E-state index contributed by atoms with van der Waals surface area (Å²) in [7, 11) is -9.77. The van der Waals surface area contributed by atoms with Gasteiger partial charge in [0.25, 0.3) is 0 Å². The molecule has 0 radical (unpaired) electrons. The third-order valence-corrected chi connectivity index (χ3v) is 2.76. The zero-order valence-electron chi connectivity index (χ0n) is 9.24. The van der Waals surface area contributed by atoms with Gasteiger partial charge >= 0.3 is 10.4 Å². The highest BCUT2D eigenvalue weighted by Gasteiger charge is 2.24. The van der Waals surface area contributed by atoms with Crippen molar-refractivity contribution in [2.24, 2.45) is 0 Å². The number of aldehydes is 1. The van der Waals surface area contributed by atoms with Gasteiger partial charge in [-0.1, -0.05) is 0 Å². The van der Waals surface area contributed by atoms with E-state index in [9.17, 15) is 36.4 Å². The first-order chi connectivity index (χ1) is 8.44. The van der Waals surface area contributed by atoms with Gasteiger partial charge in [0, 0.05) is 6.42 Å². The molecule has 2 unspecified atom stereocenters. The smallest absolute Gasteiger partial charge is 0.397 e. The maximum Gasteiger partial charge on any atom is 0.397 e. The lowest BCUT2D eigenvalue weighted by Crippen LogP contribution is -2.45. The maximum absolute atomic E-state index is 10.4. The monoisotopic (exact) mass is 322 g/mol. The Morgan fingerprint density at radius 1 is 1.26 bits per heavy atom. The van der Waals surface area contributed by atoms with Crippen molar-refractivity contribution < 1.29 is 45.1 Å². The SMILES string of the molecule is O=CC(NS(=O)(=O)[O-])[C@@H](O)CC(O)COS(=O)(=O)O. The van der Waals surface area contributed by atoms with Gasteiger partial charge in [-0.3, -0.25) is 4.55 Å². The van der Waals surface area contributed by atoms with Crippen LogP contribution in [0.2, 0.25) is 0 Å². The Hall–Kier alpha value is -0.670. The van der Waals surface area contributed by atoms with Crippen molar-refractivity contribution in [2.45, 2.75) is 24.7 Å². The van der Waals surface area contributed by atoms with Crippen LogP contribution in [-0.4, -0.2) is 67.3 Å². The minimum Gasteiger partial charge on any atom is -0.735 e. The van der Waals surface area contributed by atoms with E-state index in [1.165, 1.54) is 4.72 Å². The van der Waals surface area contributed by atoms with Crippen molar-refractivity contribution in [3.63, 3.8) is 0 Å². The van der Waals surface area contributed by atoms with Crippen molar-refractivity contribution >= 4 is 27.0 Å². The van der Waals surface area contributed by atoms with E-state index in [-0.39, 0.29) is 6.29 Å². The van der Waals surface area contributed by atoms with E-state index in [1.807, 2.05) is 0 Å². The molecule has 0 fully saturated rings. The van der Waals surface area contributed by atoms with E-state index in [0.29, 0.717) is 0 Å². The standard InChI is InChI=1S/C6H13NO10S2/c8-2-5(7-18(11,12)13)6(10)1-4(9)3-17-19(14,15)16/h2,4-7,9-10H,1,3H2,(H,11,12,13)(H,14,15,16)/p-1/t4?,5?,6-/m0/s1. The van der Waals surface area contributed by atoms with Gasteiger partial charge in [0.05, 0.1) is 18.8 Å². The molecule has 11 nitrogen and oxygen atoms in total. The van der Waals surface area contributed by atoms with Crippen LogP contribution in [0.1, 0.15) is 6.42 Å². The van der Waals surface area contributed by atoms with Crippen molar-refractivity contribution in [1.29, 1.82) is 0 Å². The van der Waals surface area contributed by atoms with Crippen LogP contribution in [0.25, 0.3) is 0 Å². The van der Waals surface area contributed by atoms with Crippen LogP contribution >= 0.6 is 0 Å². The van der Waals surface area contributed by atoms with Crippen molar-refractivity contribution in [1.82, 2.24) is 4.72 Å². The number of aliphatic hydroxyl groups excluding tert-OH is 2. The van der Waals surface area contributed by atoms with E-state index in [1.54, 1.807) is 0 Å². The maximum atomic E-state index is 10.4. The molecule has 0 rings (SSSR count). The van der Waals surface area contributed by atoms with Gasteiger partial charge in [-0.15, -0.1) is 0 Å². The summed E-state index contributed by atoms with van der Waals surface area (Å²) in [5, 5.41) is 18.5. The van der Waals surface area contributed by atoms with E-state index >= 15 is 0 Å². The molecule has 0 bridgehead atoms. The van der Waals surface area contributed by atoms with Crippen LogP contribution in [0.4, 0.5) is 0 Å². The summed E-state index contributed by atoms with van der Waals surface area (Å²) in [6, 6.07) is -1.80. The lowest BCUT2D eigenvalue weighted by atomic mass is 10.1. The molecule has 0 saturated heterocycles. The number of carbonyl (C=O) groups is 1. The number of hydrogen-bond acceptors (Lipinski definition) is 9. The second-order valence-electron chi connectivity index (χ2n) is 3.40. The number of aliphatic hydroxyl groups is 2. The average Bonchev–Trinajstić information content (AvgIpc) is 2.20. The molecule has 0 aromatic rings. The summed E-state index contributed by atoms with van der Waals surface area (Å²) in [6.45, 7) is -0.925. The van der Waals surface area contributed by atoms with Crippen molar-refractivity contribution in [3.05, 3.63) is 0 Å². The third kappa shape index (κ3) is 9.85. The zero-order chi connectivity index (χ0) is 15.3. The summed E-state index contributed by atoms with van der Waals surface area (Å²) in [5.41, 5.74) is 0. The second-order valence-corrected chi connectivity index (χ2v) is 5.64. The molecule has 0 saturated carbocycles. The number of hydrogen-bond donors (Lipinski definition) is 4. The lowest BCUT2D eigenvalue weighted by Gasteiger charge is -2.22. The van der Waals surface area contributed by atoms with Gasteiger partial charge in [0.1, 0.15) is 12.3 Å². The van der Waals surface area contributed by atoms with Gasteiger partial charge in [-0.25, -0.2) is 17.3 Å². The minimum absolute atomic E-state index is 0.0729. The predicted octanol–water partition coefficient (Wildman–Crippen LogP) is -3.46. The molecule has 0 aromatic carbocycles. The summed E-state index contributed by atoms with van der Waals surface area (Å²) in [5.74, 6) is 0. The molecule has 0 aliphatic heterocycles. The normalized spacial score (nSPS) is 17.7. The highest BCUT2D eigenvalue weighted by molar-refractivity contribution is 7.83. The first-order valence-electron chi connectivity index (χ1n) is 4.61.